The first-order chi connectivity index (χ1) is 17.5. The summed E-state index contributed by atoms with van der Waals surface area (Å²) in [5, 5.41) is 21.1. The van der Waals surface area contributed by atoms with Gasteiger partial charge in [-0.05, 0) is 25.7 Å². The summed E-state index contributed by atoms with van der Waals surface area (Å²) in [7, 11) is 0. The molecule has 0 atom stereocenters. The van der Waals surface area contributed by atoms with Gasteiger partial charge >= 0.3 is 5.97 Å². The van der Waals surface area contributed by atoms with Crippen LogP contribution in [0.1, 0.15) is 128 Å². The zero-order valence-electron chi connectivity index (χ0n) is 23.2. The molecule has 0 spiro atoms. The summed E-state index contributed by atoms with van der Waals surface area (Å²) in [6.45, 7) is 9.97. The first kappa shape index (κ1) is 31.7. The van der Waals surface area contributed by atoms with Crippen molar-refractivity contribution in [2.75, 3.05) is 26.4 Å². The monoisotopic (exact) mass is 510 g/mol. The smallest absolute Gasteiger partial charge is 0.343 e. The number of hydrogen-bond donors (Lipinski definition) is 2. The molecular formula is C29H50O7. The van der Waals surface area contributed by atoms with E-state index in [1.54, 1.807) is 0 Å². The predicted molar refractivity (Wildman–Crippen MR) is 144 cm³/mol. The summed E-state index contributed by atoms with van der Waals surface area (Å²) >= 11 is 0. The van der Waals surface area contributed by atoms with Crippen LogP contribution in [-0.4, -0.2) is 42.6 Å². The van der Waals surface area contributed by atoms with Crippen LogP contribution >= 0.6 is 0 Å². The van der Waals surface area contributed by atoms with Crippen LogP contribution in [0.2, 0.25) is 0 Å². The van der Waals surface area contributed by atoms with Crippen molar-refractivity contribution >= 4 is 5.97 Å². The summed E-state index contributed by atoms with van der Waals surface area (Å²) < 4.78 is 24.2. The quantitative estimate of drug-likeness (QED) is 0.143. The first-order valence-electron chi connectivity index (χ1n) is 14.2. The Bertz CT molecular complexity index is 733. The minimum Gasteiger partial charge on any atom is -0.503 e. The minimum absolute atomic E-state index is 0.0217. The molecule has 0 saturated heterocycles. The lowest BCUT2D eigenvalue weighted by Crippen LogP contribution is -2.12. The molecule has 0 amide bonds. The van der Waals surface area contributed by atoms with Gasteiger partial charge in [0, 0.05) is 0 Å². The molecule has 1 rings (SSSR count). The van der Waals surface area contributed by atoms with Crippen molar-refractivity contribution in [3.8, 4) is 28.7 Å². The zero-order chi connectivity index (χ0) is 26.6. The molecule has 2 N–H and O–H groups in total. The van der Waals surface area contributed by atoms with Gasteiger partial charge in [-0.3, -0.25) is 0 Å². The summed E-state index contributed by atoms with van der Waals surface area (Å²) in [5.74, 6) is -1.24. The van der Waals surface area contributed by atoms with E-state index < -0.39 is 11.7 Å². The molecule has 0 heterocycles. The highest BCUT2D eigenvalue weighted by molar-refractivity contribution is 5.97. The van der Waals surface area contributed by atoms with Crippen molar-refractivity contribution in [1.82, 2.24) is 0 Å². The maximum atomic E-state index is 12.3. The van der Waals surface area contributed by atoms with Crippen LogP contribution in [-0.2, 0) is 0 Å². The zero-order valence-corrected chi connectivity index (χ0v) is 23.2. The number of carboxylic acids is 1. The molecule has 0 bridgehead atoms. The lowest BCUT2D eigenvalue weighted by atomic mass is 10.1. The third-order valence-electron chi connectivity index (χ3n) is 5.99. The standard InChI is InChI=1S/C29H50O7/c1-5-9-13-14-18-22-34-26-24(30)23(29(31)32)25(33-19-15-10-6-2)27(35-20-16-11-7-3)28(26)36-21-17-12-8-4/h30H,5-22H2,1-4H3,(H,31,32). The van der Waals surface area contributed by atoms with E-state index in [-0.39, 0.29) is 28.6 Å². The highest BCUT2D eigenvalue weighted by atomic mass is 16.6. The van der Waals surface area contributed by atoms with Gasteiger partial charge in [0.1, 0.15) is 0 Å². The molecule has 0 fully saturated rings. The normalized spacial score (nSPS) is 10.9. The van der Waals surface area contributed by atoms with Crippen LogP contribution in [0.4, 0.5) is 0 Å². The van der Waals surface area contributed by atoms with Gasteiger partial charge < -0.3 is 29.2 Å². The van der Waals surface area contributed by atoms with E-state index in [9.17, 15) is 15.0 Å². The number of ether oxygens (including phenoxy) is 4. The van der Waals surface area contributed by atoms with E-state index in [1.165, 1.54) is 6.42 Å². The number of carboxylic acid groups (broad SMARTS) is 1. The van der Waals surface area contributed by atoms with Crippen molar-refractivity contribution in [3.63, 3.8) is 0 Å². The Morgan fingerprint density at radius 2 is 0.861 bits per heavy atom. The Balaban J connectivity index is 3.41. The summed E-state index contributed by atoms with van der Waals surface area (Å²) in [6, 6.07) is 0. The molecule has 208 valence electrons. The highest BCUT2D eigenvalue weighted by Gasteiger charge is 2.32. The van der Waals surface area contributed by atoms with Crippen LogP contribution in [0.25, 0.3) is 0 Å². The summed E-state index contributed by atoms with van der Waals surface area (Å²) in [6.07, 6.45) is 13.7. The second-order valence-electron chi connectivity index (χ2n) is 9.27. The van der Waals surface area contributed by atoms with Crippen molar-refractivity contribution < 1.29 is 34.0 Å². The van der Waals surface area contributed by atoms with Crippen molar-refractivity contribution in [3.05, 3.63) is 5.56 Å². The topological polar surface area (TPSA) is 94.5 Å². The summed E-state index contributed by atoms with van der Waals surface area (Å²) in [5.41, 5.74) is -0.334. The van der Waals surface area contributed by atoms with Gasteiger partial charge in [0.05, 0.1) is 26.4 Å². The van der Waals surface area contributed by atoms with Crippen LogP contribution < -0.4 is 18.9 Å². The van der Waals surface area contributed by atoms with E-state index in [0.717, 1.165) is 83.5 Å². The van der Waals surface area contributed by atoms with Gasteiger partial charge in [0.15, 0.2) is 17.1 Å². The minimum atomic E-state index is -1.29. The SMILES string of the molecule is CCCCCCCOc1c(O)c(C(=O)O)c(OCCCCC)c(OCCCCC)c1OCCCCC. The lowest BCUT2D eigenvalue weighted by Gasteiger charge is -2.23. The second kappa shape index (κ2) is 19.8. The molecule has 0 aliphatic rings. The highest BCUT2D eigenvalue weighted by Crippen LogP contribution is 2.53. The Kier molecular flexibility index (Phi) is 17.5. The Hall–Kier alpha value is -2.31. The number of benzene rings is 1. The van der Waals surface area contributed by atoms with Gasteiger partial charge in [0.25, 0.3) is 0 Å². The molecule has 7 nitrogen and oxygen atoms in total. The number of aromatic carboxylic acids is 1. The molecular weight excluding hydrogens is 460 g/mol. The Labute approximate surface area is 218 Å². The third kappa shape index (κ3) is 11.2. The fraction of sp³-hybridized carbons (Fsp3) is 0.759. The molecule has 0 unspecified atom stereocenters. The first-order valence-corrected chi connectivity index (χ1v) is 14.2. The van der Waals surface area contributed by atoms with E-state index in [1.807, 2.05) is 0 Å². The van der Waals surface area contributed by atoms with Gasteiger partial charge in [0.2, 0.25) is 17.2 Å². The molecule has 0 aliphatic carbocycles. The molecule has 1 aromatic rings. The lowest BCUT2D eigenvalue weighted by molar-refractivity contribution is 0.0685. The second-order valence-corrected chi connectivity index (χ2v) is 9.27. The van der Waals surface area contributed by atoms with Crippen molar-refractivity contribution in [2.24, 2.45) is 0 Å². The fourth-order valence-electron chi connectivity index (χ4n) is 3.84. The van der Waals surface area contributed by atoms with Crippen LogP contribution in [0.3, 0.4) is 0 Å². The van der Waals surface area contributed by atoms with Crippen LogP contribution in [0.15, 0.2) is 0 Å². The Morgan fingerprint density at radius 1 is 0.528 bits per heavy atom. The van der Waals surface area contributed by atoms with E-state index >= 15 is 0 Å². The van der Waals surface area contributed by atoms with E-state index in [4.69, 9.17) is 18.9 Å². The summed E-state index contributed by atoms with van der Waals surface area (Å²) in [4.78, 5) is 12.3. The van der Waals surface area contributed by atoms with Gasteiger partial charge in [-0.15, -0.1) is 0 Å². The molecule has 0 radical (unpaired) electrons. The molecule has 1 aromatic carbocycles. The third-order valence-corrected chi connectivity index (χ3v) is 5.99. The molecule has 36 heavy (non-hydrogen) atoms. The number of aromatic hydroxyl groups is 1. The average Bonchev–Trinajstić information content (AvgIpc) is 2.86. The average molecular weight is 511 g/mol. The van der Waals surface area contributed by atoms with Gasteiger partial charge in [-0.2, -0.15) is 0 Å². The van der Waals surface area contributed by atoms with Crippen LogP contribution in [0, 0.1) is 0 Å². The maximum absolute atomic E-state index is 12.3. The number of carbonyl (C=O) groups is 1. The number of rotatable bonds is 23. The molecule has 0 aromatic heterocycles. The van der Waals surface area contributed by atoms with Gasteiger partial charge in [-0.25, -0.2) is 4.79 Å². The van der Waals surface area contributed by atoms with Crippen LogP contribution in [0.5, 0.6) is 28.7 Å². The maximum Gasteiger partial charge on any atom is 0.343 e. The number of hydrogen-bond acceptors (Lipinski definition) is 6. The van der Waals surface area contributed by atoms with E-state index in [0.29, 0.717) is 26.4 Å². The largest absolute Gasteiger partial charge is 0.503 e. The molecule has 0 aliphatic heterocycles. The fourth-order valence-corrected chi connectivity index (χ4v) is 3.84. The Morgan fingerprint density at radius 3 is 1.31 bits per heavy atom. The molecule has 0 saturated carbocycles. The number of unbranched alkanes of at least 4 members (excludes halogenated alkanes) is 10. The molecule has 7 heteroatoms. The van der Waals surface area contributed by atoms with Crippen molar-refractivity contribution in [1.29, 1.82) is 0 Å². The van der Waals surface area contributed by atoms with Gasteiger partial charge in [-0.1, -0.05) is 91.9 Å². The predicted octanol–water partition coefficient (Wildman–Crippen LogP) is 8.15. The van der Waals surface area contributed by atoms with E-state index in [2.05, 4.69) is 27.7 Å². The number of phenols is 1. The van der Waals surface area contributed by atoms with Crippen molar-refractivity contribution in [2.45, 2.75) is 118 Å².